The summed E-state index contributed by atoms with van der Waals surface area (Å²) in [5.74, 6) is 1.26. The predicted octanol–water partition coefficient (Wildman–Crippen LogP) is 1.63. The van der Waals surface area contributed by atoms with E-state index < -0.39 is 0 Å². The maximum absolute atomic E-state index is 12.3. The van der Waals surface area contributed by atoms with Crippen molar-refractivity contribution >= 4 is 5.95 Å². The van der Waals surface area contributed by atoms with Gasteiger partial charge in [0.05, 0.1) is 6.33 Å². The largest absolute Gasteiger partial charge is 0.347 e. The summed E-state index contributed by atoms with van der Waals surface area (Å²) < 4.78 is 1.77. The molecule has 0 aliphatic carbocycles. The van der Waals surface area contributed by atoms with Crippen LogP contribution in [0, 0.1) is 19.8 Å². The molecule has 7 heteroatoms. The summed E-state index contributed by atoms with van der Waals surface area (Å²) in [6.07, 6.45) is 7.70. The zero-order valence-corrected chi connectivity index (χ0v) is 16.1. The molecule has 3 rings (SSSR count). The van der Waals surface area contributed by atoms with E-state index in [1.54, 1.807) is 10.9 Å². The van der Waals surface area contributed by atoms with Crippen LogP contribution in [-0.2, 0) is 13.1 Å². The Morgan fingerprint density at radius 3 is 2.38 bits per heavy atom. The van der Waals surface area contributed by atoms with Crippen molar-refractivity contribution in [3.8, 4) is 0 Å². The molecule has 7 nitrogen and oxygen atoms in total. The Morgan fingerprint density at radius 1 is 1.12 bits per heavy atom. The second-order valence-electron chi connectivity index (χ2n) is 7.42. The standard InChI is InChI=1S/C19H28N6O/c1-14-15(2)22-13-25(18(14)26)12-16-5-7-24(8-6-16)11-17-9-20-19(21-10-17)23(3)4/h9-10,13,16H,5-8,11-12H2,1-4H3. The summed E-state index contributed by atoms with van der Waals surface area (Å²) in [5, 5.41) is 0. The van der Waals surface area contributed by atoms with Gasteiger partial charge in [0.1, 0.15) is 0 Å². The highest BCUT2D eigenvalue weighted by Crippen LogP contribution is 2.20. The van der Waals surface area contributed by atoms with E-state index >= 15 is 0 Å². The lowest BCUT2D eigenvalue weighted by molar-refractivity contribution is 0.166. The maximum atomic E-state index is 12.3. The molecule has 0 spiro atoms. The van der Waals surface area contributed by atoms with Gasteiger partial charge in [0.2, 0.25) is 5.95 Å². The second kappa shape index (κ2) is 7.95. The lowest BCUT2D eigenvalue weighted by Gasteiger charge is -2.32. The first kappa shape index (κ1) is 18.5. The number of rotatable bonds is 5. The van der Waals surface area contributed by atoms with Gasteiger partial charge >= 0.3 is 0 Å². The summed E-state index contributed by atoms with van der Waals surface area (Å²) in [6, 6.07) is 0. The number of aryl methyl sites for hydroxylation is 1. The van der Waals surface area contributed by atoms with Crippen LogP contribution in [0.25, 0.3) is 0 Å². The second-order valence-corrected chi connectivity index (χ2v) is 7.42. The zero-order valence-electron chi connectivity index (χ0n) is 16.1. The average molecular weight is 356 g/mol. The van der Waals surface area contributed by atoms with Crippen molar-refractivity contribution in [3.05, 3.63) is 45.9 Å². The molecule has 0 bridgehead atoms. The molecule has 0 atom stereocenters. The van der Waals surface area contributed by atoms with Gasteiger partial charge < -0.3 is 4.90 Å². The summed E-state index contributed by atoms with van der Waals surface area (Å²) in [4.78, 5) is 29.8. The molecule has 3 heterocycles. The fourth-order valence-corrected chi connectivity index (χ4v) is 3.33. The molecule has 140 valence electrons. The number of aromatic nitrogens is 4. The average Bonchev–Trinajstić information content (AvgIpc) is 2.64. The fourth-order valence-electron chi connectivity index (χ4n) is 3.33. The molecule has 1 fully saturated rings. The van der Waals surface area contributed by atoms with Crippen molar-refractivity contribution in [2.75, 3.05) is 32.1 Å². The van der Waals surface area contributed by atoms with Crippen LogP contribution in [0.2, 0.25) is 0 Å². The SMILES string of the molecule is Cc1ncn(CC2CCN(Cc3cnc(N(C)C)nc3)CC2)c(=O)c1C. The fraction of sp³-hybridized carbons (Fsp3) is 0.579. The van der Waals surface area contributed by atoms with Crippen molar-refractivity contribution in [1.82, 2.24) is 24.4 Å². The van der Waals surface area contributed by atoms with Gasteiger partial charge in [0.15, 0.2) is 0 Å². The van der Waals surface area contributed by atoms with Gasteiger partial charge in [-0.25, -0.2) is 15.0 Å². The maximum Gasteiger partial charge on any atom is 0.256 e. The molecule has 2 aromatic heterocycles. The zero-order chi connectivity index (χ0) is 18.7. The number of hydrogen-bond acceptors (Lipinski definition) is 6. The van der Waals surface area contributed by atoms with E-state index in [9.17, 15) is 4.79 Å². The third-order valence-electron chi connectivity index (χ3n) is 5.18. The Bertz CT molecular complexity index is 791. The van der Waals surface area contributed by atoms with Crippen molar-refractivity contribution in [3.63, 3.8) is 0 Å². The Kier molecular flexibility index (Phi) is 5.66. The van der Waals surface area contributed by atoms with Gasteiger partial charge in [-0.3, -0.25) is 14.3 Å². The number of likely N-dealkylation sites (tertiary alicyclic amines) is 1. The van der Waals surface area contributed by atoms with Crippen LogP contribution in [0.4, 0.5) is 5.95 Å². The Labute approximate surface area is 154 Å². The van der Waals surface area contributed by atoms with Gasteiger partial charge in [-0.05, 0) is 45.7 Å². The molecule has 0 saturated carbocycles. The Morgan fingerprint density at radius 2 is 1.77 bits per heavy atom. The van der Waals surface area contributed by atoms with E-state index in [4.69, 9.17) is 0 Å². The quantitative estimate of drug-likeness (QED) is 0.811. The van der Waals surface area contributed by atoms with Crippen LogP contribution in [0.3, 0.4) is 0 Å². The molecule has 1 saturated heterocycles. The molecule has 26 heavy (non-hydrogen) atoms. The molecule has 2 aromatic rings. The topological polar surface area (TPSA) is 67.2 Å². The van der Waals surface area contributed by atoms with Crippen LogP contribution in [0.5, 0.6) is 0 Å². The smallest absolute Gasteiger partial charge is 0.256 e. The molecule has 0 amide bonds. The predicted molar refractivity (Wildman–Crippen MR) is 102 cm³/mol. The molecule has 0 unspecified atom stereocenters. The lowest BCUT2D eigenvalue weighted by atomic mass is 9.96. The first-order chi connectivity index (χ1) is 12.4. The van der Waals surface area contributed by atoms with E-state index in [1.165, 1.54) is 0 Å². The normalized spacial score (nSPS) is 16.0. The minimum absolute atomic E-state index is 0.0954. The van der Waals surface area contributed by atoms with Gasteiger partial charge in [0.25, 0.3) is 5.56 Å². The highest BCUT2D eigenvalue weighted by Gasteiger charge is 2.20. The Hall–Kier alpha value is -2.28. The van der Waals surface area contributed by atoms with E-state index in [1.807, 2.05) is 45.2 Å². The minimum atomic E-state index is 0.0954. The Balaban J connectivity index is 1.53. The molecule has 1 aliphatic rings. The highest BCUT2D eigenvalue weighted by molar-refractivity contribution is 5.26. The highest BCUT2D eigenvalue weighted by atomic mass is 16.1. The van der Waals surface area contributed by atoms with Gasteiger partial charge in [-0.2, -0.15) is 0 Å². The van der Waals surface area contributed by atoms with Crippen LogP contribution in [0.15, 0.2) is 23.5 Å². The summed E-state index contributed by atoms with van der Waals surface area (Å²) in [7, 11) is 3.88. The molecule has 1 aliphatic heterocycles. The summed E-state index contributed by atoms with van der Waals surface area (Å²) in [6.45, 7) is 7.45. The van der Waals surface area contributed by atoms with E-state index in [2.05, 4.69) is 19.9 Å². The van der Waals surface area contributed by atoms with Gasteiger partial charge in [0, 0.05) is 56.4 Å². The summed E-state index contributed by atoms with van der Waals surface area (Å²) >= 11 is 0. The third-order valence-corrected chi connectivity index (χ3v) is 5.18. The van der Waals surface area contributed by atoms with Gasteiger partial charge in [-0.15, -0.1) is 0 Å². The van der Waals surface area contributed by atoms with Crippen molar-refractivity contribution in [2.24, 2.45) is 5.92 Å². The molecule has 0 radical (unpaired) electrons. The minimum Gasteiger partial charge on any atom is -0.347 e. The van der Waals surface area contributed by atoms with Crippen molar-refractivity contribution < 1.29 is 0 Å². The van der Waals surface area contributed by atoms with Crippen LogP contribution in [0.1, 0.15) is 29.7 Å². The molecular weight excluding hydrogens is 328 g/mol. The first-order valence-electron chi connectivity index (χ1n) is 9.17. The van der Waals surface area contributed by atoms with Gasteiger partial charge in [-0.1, -0.05) is 0 Å². The molecule has 0 aromatic carbocycles. The molecule has 0 N–H and O–H groups in total. The van der Waals surface area contributed by atoms with E-state index in [-0.39, 0.29) is 5.56 Å². The third kappa shape index (κ3) is 4.27. The van der Waals surface area contributed by atoms with E-state index in [0.717, 1.165) is 61.8 Å². The van der Waals surface area contributed by atoms with Crippen LogP contribution >= 0.6 is 0 Å². The number of piperidine rings is 1. The first-order valence-corrected chi connectivity index (χ1v) is 9.17. The van der Waals surface area contributed by atoms with Crippen molar-refractivity contribution in [1.29, 1.82) is 0 Å². The monoisotopic (exact) mass is 356 g/mol. The van der Waals surface area contributed by atoms with Crippen LogP contribution < -0.4 is 10.5 Å². The summed E-state index contributed by atoms with van der Waals surface area (Å²) in [5.41, 5.74) is 2.82. The van der Waals surface area contributed by atoms with Crippen LogP contribution in [-0.4, -0.2) is 51.6 Å². The number of anilines is 1. The lowest BCUT2D eigenvalue weighted by Crippen LogP contribution is -2.36. The van der Waals surface area contributed by atoms with E-state index in [0.29, 0.717) is 5.92 Å². The number of nitrogens with zero attached hydrogens (tertiary/aromatic N) is 6. The molecular formula is C19H28N6O. The van der Waals surface area contributed by atoms with Crippen molar-refractivity contribution in [2.45, 2.75) is 39.8 Å². The number of hydrogen-bond donors (Lipinski definition) is 0.